The largest absolute Gasteiger partial charge is 0.476 e. The first-order valence-corrected chi connectivity index (χ1v) is 4.75. The molecule has 14 heavy (non-hydrogen) atoms. The number of aromatic nitrogens is 2. The number of rotatable bonds is 2. The monoisotopic (exact) mass is 194 g/mol. The minimum absolute atomic E-state index is 0.134. The number of imidazole rings is 1. The van der Waals surface area contributed by atoms with E-state index in [2.05, 4.69) is 18.8 Å². The van der Waals surface area contributed by atoms with Crippen molar-refractivity contribution >= 4 is 5.97 Å². The van der Waals surface area contributed by atoms with Crippen LogP contribution >= 0.6 is 0 Å². The van der Waals surface area contributed by atoms with Gasteiger partial charge in [-0.15, -0.1) is 0 Å². The fourth-order valence-corrected chi connectivity index (χ4v) is 2.07. The van der Waals surface area contributed by atoms with Crippen LogP contribution in [0.15, 0.2) is 12.5 Å². The first kappa shape index (κ1) is 9.24. The van der Waals surface area contributed by atoms with Crippen LogP contribution in [0.25, 0.3) is 0 Å². The van der Waals surface area contributed by atoms with Crippen molar-refractivity contribution in [2.24, 2.45) is 5.41 Å². The summed E-state index contributed by atoms with van der Waals surface area (Å²) in [7, 11) is 0. The molecule has 4 heteroatoms. The standard InChI is InChI=1S/C10H14N2O2/c1-10(2)3-7(4-10)12-5-8(9(13)14)11-6-12/h5-7H,3-4H2,1-2H3,(H,13,14). The Hall–Kier alpha value is -1.32. The molecule has 0 unspecified atom stereocenters. The normalized spacial score (nSPS) is 20.4. The summed E-state index contributed by atoms with van der Waals surface area (Å²) in [5.41, 5.74) is 0.535. The second-order valence-electron chi connectivity index (χ2n) is 4.74. The highest BCUT2D eigenvalue weighted by atomic mass is 16.4. The maximum absolute atomic E-state index is 10.6. The van der Waals surface area contributed by atoms with E-state index in [1.807, 2.05) is 4.57 Å². The van der Waals surface area contributed by atoms with Crippen molar-refractivity contribution in [1.29, 1.82) is 0 Å². The predicted molar refractivity (Wildman–Crippen MR) is 51.2 cm³/mol. The molecule has 1 aliphatic rings. The quantitative estimate of drug-likeness (QED) is 0.782. The Kier molecular flexibility index (Phi) is 1.87. The molecule has 0 amide bonds. The van der Waals surface area contributed by atoms with Gasteiger partial charge in [0, 0.05) is 12.2 Å². The van der Waals surface area contributed by atoms with Gasteiger partial charge in [0.05, 0.1) is 6.33 Å². The van der Waals surface area contributed by atoms with E-state index in [1.165, 1.54) is 0 Å². The molecule has 1 fully saturated rings. The van der Waals surface area contributed by atoms with Gasteiger partial charge < -0.3 is 9.67 Å². The van der Waals surface area contributed by atoms with Crippen molar-refractivity contribution in [3.8, 4) is 0 Å². The summed E-state index contributed by atoms with van der Waals surface area (Å²) in [5, 5.41) is 8.70. The molecule has 4 nitrogen and oxygen atoms in total. The lowest BCUT2D eigenvalue weighted by molar-refractivity contribution is 0.0690. The summed E-state index contributed by atoms with van der Waals surface area (Å²) in [6.07, 6.45) is 5.43. The van der Waals surface area contributed by atoms with E-state index in [-0.39, 0.29) is 5.69 Å². The number of aromatic carboxylic acids is 1. The van der Waals surface area contributed by atoms with Crippen LogP contribution in [-0.2, 0) is 0 Å². The van der Waals surface area contributed by atoms with Gasteiger partial charge in [0.1, 0.15) is 0 Å². The summed E-state index contributed by atoms with van der Waals surface area (Å²) < 4.78 is 1.91. The van der Waals surface area contributed by atoms with Crippen LogP contribution in [0.3, 0.4) is 0 Å². The second kappa shape index (κ2) is 2.83. The van der Waals surface area contributed by atoms with E-state index in [0.29, 0.717) is 11.5 Å². The van der Waals surface area contributed by atoms with Crippen molar-refractivity contribution in [2.75, 3.05) is 0 Å². The van der Waals surface area contributed by atoms with Gasteiger partial charge >= 0.3 is 5.97 Å². The number of hydrogen-bond donors (Lipinski definition) is 1. The Morgan fingerprint density at radius 2 is 2.29 bits per heavy atom. The number of nitrogens with zero attached hydrogens (tertiary/aromatic N) is 2. The molecule has 76 valence electrons. The number of hydrogen-bond acceptors (Lipinski definition) is 2. The maximum Gasteiger partial charge on any atom is 0.356 e. The van der Waals surface area contributed by atoms with Crippen LogP contribution in [0.2, 0.25) is 0 Å². The molecule has 0 spiro atoms. The highest BCUT2D eigenvalue weighted by Crippen LogP contribution is 2.47. The summed E-state index contributed by atoms with van der Waals surface area (Å²) in [6, 6.07) is 0.436. The van der Waals surface area contributed by atoms with Crippen LogP contribution in [0.5, 0.6) is 0 Å². The van der Waals surface area contributed by atoms with E-state index in [4.69, 9.17) is 5.11 Å². The van der Waals surface area contributed by atoms with Gasteiger partial charge in [-0.1, -0.05) is 13.8 Å². The highest BCUT2D eigenvalue weighted by molar-refractivity contribution is 5.84. The smallest absolute Gasteiger partial charge is 0.356 e. The molecule has 1 N–H and O–H groups in total. The number of carboxylic acid groups (broad SMARTS) is 1. The third-order valence-corrected chi connectivity index (χ3v) is 2.82. The Morgan fingerprint density at radius 3 is 2.71 bits per heavy atom. The van der Waals surface area contributed by atoms with Gasteiger partial charge in [0.2, 0.25) is 0 Å². The van der Waals surface area contributed by atoms with Gasteiger partial charge in [-0.05, 0) is 18.3 Å². The Bertz CT molecular complexity index is 360. The summed E-state index contributed by atoms with van der Waals surface area (Å²) in [6.45, 7) is 4.44. The molecule has 1 heterocycles. The topological polar surface area (TPSA) is 55.1 Å². The van der Waals surface area contributed by atoms with E-state index in [1.54, 1.807) is 12.5 Å². The highest BCUT2D eigenvalue weighted by Gasteiger charge is 2.37. The third-order valence-electron chi connectivity index (χ3n) is 2.82. The van der Waals surface area contributed by atoms with E-state index < -0.39 is 5.97 Å². The zero-order valence-electron chi connectivity index (χ0n) is 8.40. The molecule has 0 radical (unpaired) electrons. The second-order valence-corrected chi connectivity index (χ2v) is 4.74. The molecule has 2 rings (SSSR count). The van der Waals surface area contributed by atoms with E-state index in [0.717, 1.165) is 12.8 Å². The zero-order chi connectivity index (χ0) is 10.3. The number of carboxylic acids is 1. The average molecular weight is 194 g/mol. The lowest BCUT2D eigenvalue weighted by Crippen LogP contribution is -2.33. The molecule has 1 aromatic heterocycles. The third kappa shape index (κ3) is 1.52. The summed E-state index contributed by atoms with van der Waals surface area (Å²) >= 11 is 0. The van der Waals surface area contributed by atoms with Crippen LogP contribution in [0, 0.1) is 5.41 Å². The summed E-state index contributed by atoms with van der Waals surface area (Å²) in [4.78, 5) is 14.4. The van der Waals surface area contributed by atoms with Gasteiger partial charge in [-0.3, -0.25) is 0 Å². The van der Waals surface area contributed by atoms with Crippen LogP contribution < -0.4 is 0 Å². The molecule has 1 aliphatic carbocycles. The minimum atomic E-state index is -0.956. The van der Waals surface area contributed by atoms with E-state index in [9.17, 15) is 4.79 Å². The first-order chi connectivity index (χ1) is 6.48. The van der Waals surface area contributed by atoms with Crippen molar-refractivity contribution < 1.29 is 9.90 Å². The fraction of sp³-hybridized carbons (Fsp3) is 0.600. The Morgan fingerprint density at radius 1 is 1.64 bits per heavy atom. The number of carbonyl (C=O) groups is 1. The van der Waals surface area contributed by atoms with Crippen LogP contribution in [-0.4, -0.2) is 20.6 Å². The van der Waals surface area contributed by atoms with Crippen molar-refractivity contribution in [3.05, 3.63) is 18.2 Å². The van der Waals surface area contributed by atoms with Crippen molar-refractivity contribution in [3.63, 3.8) is 0 Å². The lowest BCUT2D eigenvalue weighted by atomic mass is 9.68. The first-order valence-electron chi connectivity index (χ1n) is 4.75. The van der Waals surface area contributed by atoms with Gasteiger partial charge in [0.15, 0.2) is 5.69 Å². The van der Waals surface area contributed by atoms with Gasteiger partial charge in [-0.25, -0.2) is 9.78 Å². The lowest BCUT2D eigenvalue weighted by Gasteiger charge is -2.43. The molecule has 1 aromatic rings. The molecule has 1 saturated carbocycles. The SMILES string of the molecule is CC1(C)CC(n2cnc(C(=O)O)c2)C1. The minimum Gasteiger partial charge on any atom is -0.476 e. The Balaban J connectivity index is 2.08. The molecule has 0 aliphatic heterocycles. The maximum atomic E-state index is 10.6. The summed E-state index contributed by atoms with van der Waals surface area (Å²) in [5.74, 6) is -0.956. The molecule has 0 saturated heterocycles. The molecule has 0 atom stereocenters. The molecule has 0 aromatic carbocycles. The van der Waals surface area contributed by atoms with Crippen LogP contribution in [0.1, 0.15) is 43.2 Å². The predicted octanol–water partition coefficient (Wildman–Crippen LogP) is 1.94. The molecular formula is C10H14N2O2. The Labute approximate surface area is 82.6 Å². The van der Waals surface area contributed by atoms with Gasteiger partial charge in [-0.2, -0.15) is 0 Å². The van der Waals surface area contributed by atoms with Crippen LogP contribution in [0.4, 0.5) is 0 Å². The average Bonchev–Trinajstić information content (AvgIpc) is 2.47. The zero-order valence-corrected chi connectivity index (χ0v) is 8.40. The molecular weight excluding hydrogens is 180 g/mol. The van der Waals surface area contributed by atoms with E-state index >= 15 is 0 Å². The van der Waals surface area contributed by atoms with Crippen molar-refractivity contribution in [1.82, 2.24) is 9.55 Å². The van der Waals surface area contributed by atoms with Gasteiger partial charge in [0.25, 0.3) is 0 Å². The molecule has 0 bridgehead atoms. The van der Waals surface area contributed by atoms with Crippen molar-refractivity contribution in [2.45, 2.75) is 32.7 Å². The fourth-order valence-electron chi connectivity index (χ4n) is 2.07.